The predicted octanol–water partition coefficient (Wildman–Crippen LogP) is 15.1. The van der Waals surface area contributed by atoms with E-state index in [0.717, 1.165) is 44.9 Å². The molecule has 103 heavy (non-hydrogen) atoms. The number of carbonyl (C=O) groups is 7. The molecule has 5 aromatic carbocycles. The van der Waals surface area contributed by atoms with E-state index in [9.17, 15) is 33.6 Å². The van der Waals surface area contributed by atoms with Gasteiger partial charge in [0.25, 0.3) is 0 Å². The molecular formula is C85H104O18. The topological polar surface area (TPSA) is 221 Å². The molecule has 0 amide bonds. The van der Waals surface area contributed by atoms with Crippen LogP contribution < -0.4 is 0 Å². The Morgan fingerprint density at radius 1 is 0.495 bits per heavy atom. The van der Waals surface area contributed by atoms with Gasteiger partial charge in [-0.05, 0) is 178 Å². The van der Waals surface area contributed by atoms with Gasteiger partial charge >= 0.3 is 29.8 Å². The van der Waals surface area contributed by atoms with E-state index in [0.29, 0.717) is 64.8 Å². The normalized spacial score (nSPS) is 35.3. The number of rotatable bonds is 24. The van der Waals surface area contributed by atoms with E-state index in [1.165, 1.54) is 0 Å². The summed E-state index contributed by atoms with van der Waals surface area (Å²) in [6.45, 7) is 20.6. The van der Waals surface area contributed by atoms with Gasteiger partial charge in [0.05, 0.1) is 58.8 Å². The van der Waals surface area contributed by atoms with E-state index in [4.69, 9.17) is 52.1 Å². The van der Waals surface area contributed by atoms with Crippen molar-refractivity contribution >= 4 is 41.4 Å². The lowest BCUT2D eigenvalue weighted by Gasteiger charge is -2.61. The van der Waals surface area contributed by atoms with Crippen LogP contribution in [0.3, 0.4) is 0 Å². The number of hydrogen-bond donors (Lipinski definition) is 0. The molecule has 7 fully saturated rings. The second kappa shape index (κ2) is 32.9. The molecule has 0 radical (unpaired) electrons. The number of hydrogen-bond acceptors (Lipinski definition) is 18. The summed E-state index contributed by atoms with van der Waals surface area (Å²) in [5.41, 5.74) is 1.40. The third kappa shape index (κ3) is 16.4. The Balaban J connectivity index is 0.705. The summed E-state index contributed by atoms with van der Waals surface area (Å²) in [4.78, 5) is 98.1. The molecule has 18 heteroatoms. The maximum absolute atomic E-state index is 14.7. The van der Waals surface area contributed by atoms with Gasteiger partial charge < -0.3 is 52.1 Å². The van der Waals surface area contributed by atoms with Gasteiger partial charge in [-0.1, -0.05) is 153 Å². The molecule has 14 unspecified atom stereocenters. The summed E-state index contributed by atoms with van der Waals surface area (Å²) in [5.74, 6) is -3.72. The zero-order valence-corrected chi connectivity index (χ0v) is 61.3. The number of ether oxygens (including phenoxy) is 11. The van der Waals surface area contributed by atoms with Crippen molar-refractivity contribution in [2.45, 2.75) is 214 Å². The fourth-order valence-electron chi connectivity index (χ4n) is 18.6. The van der Waals surface area contributed by atoms with Gasteiger partial charge in [0.2, 0.25) is 0 Å². The molecule has 18 nitrogen and oxygen atoms in total. The highest BCUT2D eigenvalue weighted by Gasteiger charge is 2.64. The molecule has 0 N–H and O–H groups in total. The molecule has 552 valence electrons. The molecule has 0 spiro atoms. The second-order valence-electron chi connectivity index (χ2n) is 31.3. The van der Waals surface area contributed by atoms with Crippen molar-refractivity contribution in [3.05, 3.63) is 179 Å². The van der Waals surface area contributed by atoms with Crippen molar-refractivity contribution < 1.29 is 85.7 Å². The highest BCUT2D eigenvalue weighted by atomic mass is 16.8. The van der Waals surface area contributed by atoms with E-state index in [2.05, 4.69) is 20.8 Å². The lowest BCUT2D eigenvalue weighted by atomic mass is 9.44. The zero-order valence-electron chi connectivity index (χ0n) is 61.3. The summed E-state index contributed by atoms with van der Waals surface area (Å²) in [5, 5.41) is 0. The third-order valence-electron chi connectivity index (χ3n) is 25.1. The van der Waals surface area contributed by atoms with Crippen LogP contribution in [0.5, 0.6) is 0 Å². The van der Waals surface area contributed by atoms with Gasteiger partial charge in [-0.25, -0.2) is 24.0 Å². The van der Waals surface area contributed by atoms with Crippen LogP contribution in [0, 0.1) is 75.9 Å². The number of ketones is 2. The van der Waals surface area contributed by atoms with Gasteiger partial charge in [0.1, 0.15) is 36.5 Å². The predicted molar refractivity (Wildman–Crippen MR) is 382 cm³/mol. The van der Waals surface area contributed by atoms with E-state index in [-0.39, 0.29) is 89.7 Å². The fraction of sp³-hybridized carbons (Fsp3) is 0.565. The minimum Gasteiger partial charge on any atom is -0.459 e. The summed E-state index contributed by atoms with van der Waals surface area (Å²) in [6, 6.07) is 43.5. The quantitative estimate of drug-likeness (QED) is 0.0318. The molecule has 3 aliphatic heterocycles. The molecule has 4 saturated carbocycles. The molecule has 0 aromatic heterocycles. The first-order chi connectivity index (χ1) is 49.5. The van der Waals surface area contributed by atoms with Crippen molar-refractivity contribution in [3.63, 3.8) is 0 Å². The lowest BCUT2D eigenvalue weighted by molar-refractivity contribution is -0.355. The molecule has 3 heterocycles. The molecule has 0 bridgehead atoms. The van der Waals surface area contributed by atoms with E-state index in [1.807, 2.05) is 78.8 Å². The number of esters is 5. The SMILES string of the molecule is CCC1O[C@@H](OC[C@@H](C)CCC(=O)[C@@H](C)C2C(=O)CC3C4CCC5CC(O[C@@H]6OC(COC(=O)c7ccccc7)[C@@H](C)[C@H](C)C6O[C@@H]6OC(C)[C@H](C)C(OC(=O)c7ccccc7)[C@@H]6OC(=O)c6ccccc6)CCC5(C)C4CCC32C)C(OC(=O)c2ccccc2)[C@@H](OC(=O)c2ccccc2)[C@H]1C. The van der Waals surface area contributed by atoms with Crippen molar-refractivity contribution in [1.29, 1.82) is 0 Å². The van der Waals surface area contributed by atoms with Crippen LogP contribution in [0.15, 0.2) is 152 Å². The van der Waals surface area contributed by atoms with Crippen LogP contribution in [0.4, 0.5) is 0 Å². The maximum atomic E-state index is 14.7. The van der Waals surface area contributed by atoms with Crippen molar-refractivity contribution in [1.82, 2.24) is 0 Å². The molecule has 3 saturated heterocycles. The second-order valence-corrected chi connectivity index (χ2v) is 31.3. The lowest BCUT2D eigenvalue weighted by Crippen LogP contribution is -2.61. The first kappa shape index (κ1) is 75.2. The zero-order chi connectivity index (χ0) is 72.9. The van der Waals surface area contributed by atoms with Crippen LogP contribution in [-0.2, 0) is 61.7 Å². The molecule has 25 atom stereocenters. The third-order valence-corrected chi connectivity index (χ3v) is 25.1. The van der Waals surface area contributed by atoms with Crippen LogP contribution in [0.1, 0.15) is 192 Å². The van der Waals surface area contributed by atoms with Crippen molar-refractivity contribution in [3.8, 4) is 0 Å². The van der Waals surface area contributed by atoms with Gasteiger partial charge in [-0.2, -0.15) is 0 Å². The van der Waals surface area contributed by atoms with E-state index < -0.39 is 103 Å². The van der Waals surface area contributed by atoms with Gasteiger partial charge in [0.15, 0.2) is 31.1 Å². The van der Waals surface area contributed by atoms with Crippen LogP contribution >= 0.6 is 0 Å². The summed E-state index contributed by atoms with van der Waals surface area (Å²) in [7, 11) is 0. The Morgan fingerprint density at radius 3 is 1.50 bits per heavy atom. The largest absolute Gasteiger partial charge is 0.459 e. The average Bonchev–Trinajstić information content (AvgIpc) is 1.63. The first-order valence-corrected chi connectivity index (χ1v) is 37.8. The Labute approximate surface area is 606 Å². The Kier molecular flexibility index (Phi) is 24.0. The standard InChI is InChI=1S/C85H104O18/c1-11-68-54(7)72(100-78(90)58-31-21-14-22-32-58)74(101-79(91)59-33-23-15-24-34-59)81(97-68)94-47-49(2)37-40-66(86)53(6)70-67(87)46-65-63-39-38-61-45-62(41-43-84(61,9)64(63)42-44-85(65,70)10)96-82-73(51(4)50(3)69(98-82)48-93-76(88)56-27-17-12-18-28-56)103-83-75(102-80(92)60-35-25-16-26-36-60)71(52(5)55(8)95-83)99-77(89)57-29-19-13-20-30-57/h12-36,49-55,61-65,68-75,81-83H,11,37-48H2,1-10H3/t49-,50-,51-,52-,53+,54-,55?,61?,62?,63?,64?,65?,68?,69?,70?,71?,72-,73?,74?,75-,81+,82+,83-,84?,85?/m0/s1. The van der Waals surface area contributed by atoms with Crippen molar-refractivity contribution in [2.75, 3.05) is 13.2 Å². The Hall–Kier alpha value is -7.45. The number of benzene rings is 5. The maximum Gasteiger partial charge on any atom is 0.338 e. The molecule has 7 aliphatic rings. The monoisotopic (exact) mass is 1410 g/mol. The summed E-state index contributed by atoms with van der Waals surface area (Å²) < 4.78 is 72.3. The Morgan fingerprint density at radius 2 is 0.971 bits per heavy atom. The van der Waals surface area contributed by atoms with Crippen LogP contribution in [0.2, 0.25) is 0 Å². The number of Topliss-reactive ketones (excluding diaryl/α,β-unsaturated/α-hetero) is 2. The summed E-state index contributed by atoms with van der Waals surface area (Å²) in [6.07, 6.45) is -2.04. The highest BCUT2D eigenvalue weighted by molar-refractivity contribution is 5.93. The summed E-state index contributed by atoms with van der Waals surface area (Å²) >= 11 is 0. The number of carbonyl (C=O) groups excluding carboxylic acids is 7. The molecule has 12 rings (SSSR count). The van der Waals surface area contributed by atoms with Crippen LogP contribution in [-0.4, -0.2) is 128 Å². The smallest absolute Gasteiger partial charge is 0.338 e. The minimum absolute atomic E-state index is 0.0372. The molecule has 4 aliphatic carbocycles. The van der Waals surface area contributed by atoms with E-state index >= 15 is 0 Å². The van der Waals surface area contributed by atoms with Gasteiger partial charge in [0, 0.05) is 36.5 Å². The fourth-order valence-corrected chi connectivity index (χ4v) is 18.6. The van der Waals surface area contributed by atoms with Crippen molar-refractivity contribution in [2.24, 2.45) is 75.9 Å². The van der Waals surface area contributed by atoms with Gasteiger partial charge in [-0.3, -0.25) is 9.59 Å². The van der Waals surface area contributed by atoms with Crippen LogP contribution in [0.25, 0.3) is 0 Å². The van der Waals surface area contributed by atoms with Gasteiger partial charge in [-0.15, -0.1) is 0 Å². The molecular weight excluding hydrogens is 1310 g/mol. The Bertz CT molecular complexity index is 3710. The average molecular weight is 1410 g/mol. The molecule has 5 aromatic rings. The first-order valence-electron chi connectivity index (χ1n) is 37.8. The highest BCUT2D eigenvalue weighted by Crippen LogP contribution is 2.68. The number of fused-ring (bicyclic) bond motifs is 5. The minimum atomic E-state index is -1.23. The van der Waals surface area contributed by atoms with E-state index in [1.54, 1.807) is 121 Å².